The Morgan fingerprint density at radius 1 is 1.44 bits per heavy atom. The molecule has 0 saturated heterocycles. The third-order valence-electron chi connectivity index (χ3n) is 3.09. The number of halogens is 1. The Labute approximate surface area is 111 Å². The number of aromatic nitrogens is 1. The van der Waals surface area contributed by atoms with E-state index in [0.717, 1.165) is 6.42 Å². The second-order valence-corrected chi connectivity index (χ2v) is 5.11. The van der Waals surface area contributed by atoms with Gasteiger partial charge in [0, 0.05) is 6.20 Å². The number of nitrogens with one attached hydrogen (secondary N) is 2. The molecule has 96 valence electrons. The second-order valence-electron chi connectivity index (χ2n) is 4.26. The lowest BCUT2D eigenvalue weighted by Gasteiger charge is -2.38. The van der Waals surface area contributed by atoms with E-state index in [0.29, 0.717) is 12.8 Å². The summed E-state index contributed by atoms with van der Waals surface area (Å²) < 4.78 is 0.230. The molecule has 0 spiro atoms. The van der Waals surface area contributed by atoms with Crippen molar-refractivity contribution in [1.29, 1.82) is 0 Å². The molecule has 1 aliphatic carbocycles. The van der Waals surface area contributed by atoms with E-state index in [1.54, 1.807) is 0 Å². The molecule has 0 aromatic carbocycles. The Balaban J connectivity index is 2.19. The Hall–Kier alpha value is -1.63. The predicted molar refractivity (Wildman–Crippen MR) is 66.4 cm³/mol. The maximum absolute atomic E-state index is 11.9. The average molecular weight is 315 g/mol. The largest absolute Gasteiger partial charge is 0.480 e. The number of pyridine rings is 1. The van der Waals surface area contributed by atoms with Crippen molar-refractivity contribution in [1.82, 2.24) is 10.3 Å². The van der Waals surface area contributed by atoms with Crippen LogP contribution in [0.15, 0.2) is 21.5 Å². The van der Waals surface area contributed by atoms with Crippen molar-refractivity contribution >= 4 is 27.8 Å². The molecule has 0 radical (unpaired) electrons. The van der Waals surface area contributed by atoms with Crippen LogP contribution in [0.25, 0.3) is 0 Å². The molecule has 2 rings (SSSR count). The van der Waals surface area contributed by atoms with Gasteiger partial charge in [-0.2, -0.15) is 0 Å². The first-order valence-electron chi connectivity index (χ1n) is 5.39. The number of rotatable bonds is 3. The van der Waals surface area contributed by atoms with Gasteiger partial charge in [-0.25, -0.2) is 4.79 Å². The fraction of sp³-hybridized carbons (Fsp3) is 0.364. The van der Waals surface area contributed by atoms with Crippen molar-refractivity contribution in [3.63, 3.8) is 0 Å². The van der Waals surface area contributed by atoms with Gasteiger partial charge in [0.2, 0.25) is 0 Å². The molecule has 3 N–H and O–H groups in total. The Morgan fingerprint density at radius 2 is 2.11 bits per heavy atom. The third kappa shape index (κ3) is 2.17. The monoisotopic (exact) mass is 314 g/mol. The van der Waals surface area contributed by atoms with Crippen LogP contribution in [-0.2, 0) is 4.79 Å². The molecular weight excluding hydrogens is 304 g/mol. The van der Waals surface area contributed by atoms with Crippen LogP contribution in [0.5, 0.6) is 0 Å². The summed E-state index contributed by atoms with van der Waals surface area (Å²) in [6.07, 6.45) is 2.90. The molecule has 6 nitrogen and oxygen atoms in total. The fourth-order valence-electron chi connectivity index (χ4n) is 1.80. The van der Waals surface area contributed by atoms with Gasteiger partial charge in [0.1, 0.15) is 5.54 Å². The van der Waals surface area contributed by atoms with E-state index in [2.05, 4.69) is 26.2 Å². The first-order chi connectivity index (χ1) is 8.44. The first kappa shape index (κ1) is 12.8. The predicted octanol–water partition coefficient (Wildman–Crippen LogP) is 0.874. The van der Waals surface area contributed by atoms with Crippen molar-refractivity contribution < 1.29 is 14.7 Å². The molecule has 1 fully saturated rings. The first-order valence-corrected chi connectivity index (χ1v) is 6.18. The minimum atomic E-state index is -1.15. The topological polar surface area (TPSA) is 99.3 Å². The van der Waals surface area contributed by atoms with Crippen LogP contribution in [0.4, 0.5) is 0 Å². The number of H-pyrrole nitrogens is 1. The highest BCUT2D eigenvalue weighted by molar-refractivity contribution is 9.10. The number of carboxylic acid groups (broad SMARTS) is 1. The summed E-state index contributed by atoms with van der Waals surface area (Å²) in [6, 6.07) is 1.36. The van der Waals surface area contributed by atoms with Crippen LogP contribution in [0, 0.1) is 0 Å². The molecule has 0 aliphatic heterocycles. The van der Waals surface area contributed by atoms with Crippen molar-refractivity contribution in [2.24, 2.45) is 0 Å². The average Bonchev–Trinajstić information content (AvgIpc) is 2.26. The molecule has 1 saturated carbocycles. The number of hydrogen-bond acceptors (Lipinski definition) is 3. The van der Waals surface area contributed by atoms with Gasteiger partial charge in [-0.05, 0) is 41.3 Å². The maximum atomic E-state index is 11.9. The van der Waals surface area contributed by atoms with Crippen LogP contribution in [0.1, 0.15) is 29.6 Å². The van der Waals surface area contributed by atoms with Crippen LogP contribution < -0.4 is 10.9 Å². The zero-order chi connectivity index (χ0) is 13.3. The quantitative estimate of drug-likeness (QED) is 0.771. The van der Waals surface area contributed by atoms with Gasteiger partial charge in [-0.15, -0.1) is 0 Å². The lowest BCUT2D eigenvalue weighted by molar-refractivity contribution is -0.148. The Morgan fingerprint density at radius 3 is 2.56 bits per heavy atom. The standard InChI is InChI=1S/C11H11BrN2O4/c12-7-4-6(5-13-9(7)16)8(15)14-11(10(17)18)2-1-3-11/h4-5H,1-3H2,(H,13,16)(H,14,15)(H,17,18). The van der Waals surface area contributed by atoms with Crippen LogP contribution in [0.3, 0.4) is 0 Å². The zero-order valence-electron chi connectivity index (χ0n) is 9.33. The molecule has 18 heavy (non-hydrogen) atoms. The number of carbonyl (C=O) groups excluding carboxylic acids is 1. The summed E-state index contributed by atoms with van der Waals surface area (Å²) in [5, 5.41) is 11.6. The van der Waals surface area contributed by atoms with Gasteiger partial charge in [0.15, 0.2) is 0 Å². The lowest BCUT2D eigenvalue weighted by Crippen LogP contribution is -2.59. The maximum Gasteiger partial charge on any atom is 0.329 e. The van der Waals surface area contributed by atoms with Gasteiger partial charge in [0.05, 0.1) is 10.0 Å². The highest BCUT2D eigenvalue weighted by Gasteiger charge is 2.45. The number of hydrogen-bond donors (Lipinski definition) is 3. The molecule has 1 heterocycles. The van der Waals surface area contributed by atoms with Crippen LogP contribution >= 0.6 is 15.9 Å². The van der Waals surface area contributed by atoms with E-state index < -0.39 is 17.4 Å². The minimum Gasteiger partial charge on any atom is -0.480 e. The van der Waals surface area contributed by atoms with Crippen molar-refractivity contribution in [2.45, 2.75) is 24.8 Å². The summed E-state index contributed by atoms with van der Waals surface area (Å²) in [7, 11) is 0. The molecule has 7 heteroatoms. The third-order valence-corrected chi connectivity index (χ3v) is 3.68. The van der Waals surface area contributed by atoms with Gasteiger partial charge < -0.3 is 15.4 Å². The molecule has 1 aromatic rings. The number of carboxylic acids is 1. The summed E-state index contributed by atoms with van der Waals surface area (Å²) in [5.74, 6) is -1.53. The molecule has 1 aliphatic rings. The number of aliphatic carboxylic acids is 1. The van der Waals surface area contributed by atoms with E-state index in [1.165, 1.54) is 12.3 Å². The molecular formula is C11H11BrN2O4. The molecule has 0 unspecified atom stereocenters. The molecule has 0 bridgehead atoms. The minimum absolute atomic E-state index is 0.217. The van der Waals surface area contributed by atoms with E-state index in [4.69, 9.17) is 5.11 Å². The molecule has 1 aromatic heterocycles. The Bertz CT molecular complexity index is 562. The number of aromatic amines is 1. The van der Waals surface area contributed by atoms with E-state index >= 15 is 0 Å². The highest BCUT2D eigenvalue weighted by atomic mass is 79.9. The summed E-state index contributed by atoms with van der Waals surface area (Å²) in [6.45, 7) is 0. The zero-order valence-corrected chi connectivity index (χ0v) is 10.9. The normalized spacial score (nSPS) is 16.7. The van der Waals surface area contributed by atoms with Gasteiger partial charge >= 0.3 is 5.97 Å². The van der Waals surface area contributed by atoms with Gasteiger partial charge in [-0.3, -0.25) is 9.59 Å². The number of carbonyl (C=O) groups is 2. The van der Waals surface area contributed by atoms with Crippen LogP contribution in [-0.4, -0.2) is 27.5 Å². The molecule has 1 amide bonds. The fourth-order valence-corrected chi connectivity index (χ4v) is 2.16. The summed E-state index contributed by atoms with van der Waals surface area (Å²) >= 11 is 3.01. The molecule has 0 atom stereocenters. The lowest BCUT2D eigenvalue weighted by atomic mass is 9.76. The highest BCUT2D eigenvalue weighted by Crippen LogP contribution is 2.32. The van der Waals surface area contributed by atoms with Crippen molar-refractivity contribution in [3.8, 4) is 0 Å². The summed E-state index contributed by atoms with van der Waals surface area (Å²) in [4.78, 5) is 36.5. The van der Waals surface area contributed by atoms with Crippen molar-refractivity contribution in [3.05, 3.63) is 32.7 Å². The Kier molecular flexibility index (Phi) is 3.25. The van der Waals surface area contributed by atoms with E-state index in [-0.39, 0.29) is 15.6 Å². The summed E-state index contributed by atoms with van der Waals surface area (Å²) in [5.41, 5.74) is -1.28. The van der Waals surface area contributed by atoms with Crippen molar-refractivity contribution in [2.75, 3.05) is 0 Å². The smallest absolute Gasteiger partial charge is 0.329 e. The van der Waals surface area contributed by atoms with Gasteiger partial charge in [-0.1, -0.05) is 0 Å². The van der Waals surface area contributed by atoms with E-state index in [9.17, 15) is 14.4 Å². The van der Waals surface area contributed by atoms with Gasteiger partial charge in [0.25, 0.3) is 11.5 Å². The van der Waals surface area contributed by atoms with E-state index in [1.807, 2.05) is 0 Å². The number of amides is 1. The van der Waals surface area contributed by atoms with Crippen LogP contribution in [0.2, 0.25) is 0 Å². The second kappa shape index (κ2) is 4.56. The SMILES string of the molecule is O=C(NC1(C(=O)O)CCC1)c1c[nH]c(=O)c(Br)c1.